The van der Waals surface area contributed by atoms with Crippen LogP contribution in [-0.2, 0) is 34.1 Å². The minimum Gasteiger partial charge on any atom is -0.354 e. The van der Waals surface area contributed by atoms with Crippen molar-refractivity contribution in [3.63, 3.8) is 0 Å². The van der Waals surface area contributed by atoms with Crippen LogP contribution in [-0.4, -0.2) is 72.3 Å². The van der Waals surface area contributed by atoms with Gasteiger partial charge in [-0.1, -0.05) is 35.9 Å². The van der Waals surface area contributed by atoms with Crippen molar-refractivity contribution in [1.82, 2.24) is 24.5 Å². The molecule has 1 saturated heterocycles. The van der Waals surface area contributed by atoms with E-state index in [2.05, 4.69) is 20.1 Å². The highest BCUT2D eigenvalue weighted by atomic mass is 35.5. The zero-order valence-electron chi connectivity index (χ0n) is 24.9. The number of aromatic nitrogens is 2. The van der Waals surface area contributed by atoms with Gasteiger partial charge in [-0.15, -0.1) is 11.3 Å². The van der Waals surface area contributed by atoms with E-state index in [-0.39, 0.29) is 17.3 Å². The first-order valence-corrected chi connectivity index (χ1v) is 17.4. The van der Waals surface area contributed by atoms with Gasteiger partial charge in [0.05, 0.1) is 15.6 Å². The lowest BCUT2D eigenvalue weighted by molar-refractivity contribution is -0.137. The van der Waals surface area contributed by atoms with E-state index >= 15 is 0 Å². The summed E-state index contributed by atoms with van der Waals surface area (Å²) in [5.41, 5.74) is 2.02. The normalized spacial score (nSPS) is 17.7. The molecule has 0 unspecified atom stereocenters. The molecule has 0 saturated carbocycles. The van der Waals surface area contributed by atoms with Gasteiger partial charge in [-0.25, -0.2) is 13.4 Å². The van der Waals surface area contributed by atoms with E-state index in [0.29, 0.717) is 40.1 Å². The molecule has 1 amide bonds. The Morgan fingerprint density at radius 2 is 1.70 bits per heavy atom. The second-order valence-corrected chi connectivity index (χ2v) is 15.0. The number of nitrogens with zero attached hydrogens (tertiary/aromatic N) is 5. The summed E-state index contributed by atoms with van der Waals surface area (Å²) in [6.07, 6.45) is 2.23. The largest absolute Gasteiger partial charge is 0.416 e. The predicted molar refractivity (Wildman–Crippen MR) is 174 cm³/mol. The first-order valence-electron chi connectivity index (χ1n) is 14.7. The molecule has 9 nitrogen and oxygen atoms in total. The summed E-state index contributed by atoms with van der Waals surface area (Å²) in [5.74, 6) is 0.124. The van der Waals surface area contributed by atoms with Crippen LogP contribution in [0.3, 0.4) is 0 Å². The minimum atomic E-state index is -4.47. The van der Waals surface area contributed by atoms with Crippen LogP contribution < -0.4 is 10.2 Å². The van der Waals surface area contributed by atoms with E-state index in [0.717, 1.165) is 53.0 Å². The Kier molecular flexibility index (Phi) is 9.67. The fraction of sp³-hybridized carbons (Fsp3) is 0.281. The number of rotatable bonds is 9. The van der Waals surface area contributed by atoms with Crippen LogP contribution >= 0.6 is 22.9 Å². The summed E-state index contributed by atoms with van der Waals surface area (Å²) < 4.78 is 67.7. The molecule has 1 fully saturated rings. The summed E-state index contributed by atoms with van der Waals surface area (Å²) in [7, 11) is -3.96. The lowest BCUT2D eigenvalue weighted by Crippen LogP contribution is -2.46. The monoisotopic (exact) mass is 702 g/mol. The highest BCUT2D eigenvalue weighted by Gasteiger charge is 2.37. The van der Waals surface area contributed by atoms with Crippen molar-refractivity contribution < 1.29 is 26.4 Å². The highest BCUT2D eigenvalue weighted by molar-refractivity contribution is 7.91. The fourth-order valence-electron chi connectivity index (χ4n) is 5.51. The molecule has 1 aromatic carbocycles. The Labute approximate surface area is 279 Å². The Morgan fingerprint density at radius 3 is 2.36 bits per heavy atom. The van der Waals surface area contributed by atoms with Crippen molar-refractivity contribution in [2.45, 2.75) is 29.5 Å². The van der Waals surface area contributed by atoms with Gasteiger partial charge in [-0.2, -0.15) is 17.5 Å². The molecule has 5 heterocycles. The molecule has 2 aliphatic rings. The van der Waals surface area contributed by atoms with Gasteiger partial charge < -0.3 is 10.2 Å². The first-order chi connectivity index (χ1) is 22.5. The number of benzene rings is 1. The molecule has 1 atom stereocenters. The van der Waals surface area contributed by atoms with Gasteiger partial charge in [-0.3, -0.25) is 14.7 Å². The number of piperazine rings is 1. The topological polar surface area (TPSA) is 98.7 Å². The number of pyridine rings is 2. The standard InChI is InChI=1S/C32H30ClF3N6O3S2/c33-28-7-8-30(46-28)47(44,45)42-13-1-2-27(42)31(43)38-20-23-18-26(24-3-5-25(6-4-24)32(34,35)36)39-29(19-23)41-16-14-40(15-17-41)21-22-9-11-37-12-10-22/h1-12,18-19,27H,13-17,20-21H2,(H,38,43)/t27-/m0/s1. The second kappa shape index (κ2) is 13.7. The molecule has 2 aliphatic heterocycles. The average Bonchev–Trinajstić information content (AvgIpc) is 3.75. The van der Waals surface area contributed by atoms with E-state index in [9.17, 15) is 26.4 Å². The number of alkyl halides is 3. The third-order valence-corrected chi connectivity index (χ3v) is 11.5. The van der Waals surface area contributed by atoms with Crippen LogP contribution in [0, 0.1) is 0 Å². The lowest BCUT2D eigenvalue weighted by atomic mass is 10.1. The number of hydrogen-bond donors (Lipinski definition) is 1. The van der Waals surface area contributed by atoms with Crippen molar-refractivity contribution >= 4 is 44.7 Å². The van der Waals surface area contributed by atoms with E-state index in [4.69, 9.17) is 16.6 Å². The molecule has 4 aromatic rings. The van der Waals surface area contributed by atoms with Gasteiger partial charge in [-0.05, 0) is 59.7 Å². The fourth-order valence-corrected chi connectivity index (χ4v) is 8.62. The maximum Gasteiger partial charge on any atom is 0.416 e. The molecule has 47 heavy (non-hydrogen) atoms. The van der Waals surface area contributed by atoms with Crippen LogP contribution in [0.2, 0.25) is 4.34 Å². The second-order valence-electron chi connectivity index (χ2n) is 11.1. The van der Waals surface area contributed by atoms with Crippen LogP contribution in [0.1, 0.15) is 16.7 Å². The quantitative estimate of drug-likeness (QED) is 0.232. The number of sulfonamides is 1. The van der Waals surface area contributed by atoms with Crippen LogP contribution in [0.5, 0.6) is 0 Å². The zero-order chi connectivity index (χ0) is 33.2. The molecule has 6 rings (SSSR count). The van der Waals surface area contributed by atoms with Crippen molar-refractivity contribution in [3.8, 4) is 11.3 Å². The number of carbonyl (C=O) groups excluding carboxylic acids is 1. The SMILES string of the molecule is O=C(NCc1cc(-c2ccc(C(F)(F)F)cc2)nc(N2CCN(Cc3ccncc3)CC2)c1)[C@@H]1C=CCN1S(=O)(=O)c1ccc(Cl)s1. The molecule has 0 bridgehead atoms. The average molecular weight is 703 g/mol. The van der Waals surface area contributed by atoms with Crippen LogP contribution in [0.4, 0.5) is 19.0 Å². The lowest BCUT2D eigenvalue weighted by Gasteiger charge is -2.35. The summed E-state index contributed by atoms with van der Waals surface area (Å²) in [6.45, 7) is 3.77. The number of nitrogens with one attached hydrogen (secondary N) is 1. The third-order valence-electron chi connectivity index (χ3n) is 7.99. The van der Waals surface area contributed by atoms with Gasteiger partial charge in [0.15, 0.2) is 0 Å². The maximum atomic E-state index is 13.3. The van der Waals surface area contributed by atoms with Gasteiger partial charge >= 0.3 is 6.18 Å². The molecular weight excluding hydrogens is 673 g/mol. The molecule has 1 N–H and O–H groups in total. The van der Waals surface area contributed by atoms with Crippen molar-refractivity contribution in [1.29, 1.82) is 0 Å². The van der Waals surface area contributed by atoms with Crippen LogP contribution in [0.15, 0.2) is 89.4 Å². The molecule has 246 valence electrons. The minimum absolute atomic E-state index is 0.0422. The molecule has 0 aliphatic carbocycles. The molecule has 15 heteroatoms. The van der Waals surface area contributed by atoms with Gasteiger partial charge in [0.2, 0.25) is 5.91 Å². The maximum absolute atomic E-state index is 13.3. The number of carbonyl (C=O) groups is 1. The van der Waals surface area contributed by atoms with E-state index in [1.165, 1.54) is 24.3 Å². The number of thiophene rings is 1. The van der Waals surface area contributed by atoms with Crippen molar-refractivity contribution in [2.24, 2.45) is 0 Å². The van der Waals surface area contributed by atoms with Crippen molar-refractivity contribution in [3.05, 3.63) is 106 Å². The van der Waals surface area contributed by atoms with Crippen molar-refractivity contribution in [2.75, 3.05) is 37.6 Å². The Bertz CT molecular complexity index is 1860. The van der Waals surface area contributed by atoms with E-state index < -0.39 is 33.7 Å². The smallest absolute Gasteiger partial charge is 0.354 e. The van der Waals surface area contributed by atoms with Gasteiger partial charge in [0.25, 0.3) is 10.0 Å². The van der Waals surface area contributed by atoms with Crippen LogP contribution in [0.25, 0.3) is 11.3 Å². The summed E-state index contributed by atoms with van der Waals surface area (Å²) in [4.78, 5) is 26.7. The van der Waals surface area contributed by atoms with Gasteiger partial charge in [0, 0.05) is 63.8 Å². The molecule has 3 aromatic heterocycles. The molecule has 0 spiro atoms. The van der Waals surface area contributed by atoms with E-state index in [1.807, 2.05) is 18.2 Å². The first kappa shape index (κ1) is 33.1. The highest BCUT2D eigenvalue weighted by Crippen LogP contribution is 2.33. The summed E-state index contributed by atoms with van der Waals surface area (Å²) >= 11 is 6.88. The molecular formula is C32H30ClF3N6O3S2. The summed E-state index contributed by atoms with van der Waals surface area (Å²) in [5, 5.41) is 2.84. The zero-order valence-corrected chi connectivity index (χ0v) is 27.3. The Morgan fingerprint density at radius 1 is 0.979 bits per heavy atom. The predicted octanol–water partition coefficient (Wildman–Crippen LogP) is 5.45. The third kappa shape index (κ3) is 7.68. The number of amides is 1. The number of hydrogen-bond acceptors (Lipinski definition) is 8. The van der Waals surface area contributed by atoms with E-state index in [1.54, 1.807) is 30.6 Å². The summed E-state index contributed by atoms with van der Waals surface area (Å²) in [6, 6.07) is 14.2. The molecule has 0 radical (unpaired) electrons. The Balaban J connectivity index is 1.20. The number of anilines is 1. The number of halogens is 4. The Hall–Kier alpha value is -3.82. The van der Waals surface area contributed by atoms with Gasteiger partial charge in [0.1, 0.15) is 16.1 Å².